The highest BCUT2D eigenvalue weighted by atomic mass is 35.5. The van der Waals surface area contributed by atoms with E-state index in [1.165, 1.54) is 22.9 Å². The van der Waals surface area contributed by atoms with E-state index >= 15 is 0 Å². The molecule has 2 rings (SSSR count). The fraction of sp³-hybridized carbons (Fsp3) is 0.0909. The molecule has 0 amide bonds. The first-order valence-corrected chi connectivity index (χ1v) is 5.36. The van der Waals surface area contributed by atoms with Gasteiger partial charge in [0, 0.05) is 23.9 Å². The maximum Gasteiger partial charge on any atom is 0.270 e. The van der Waals surface area contributed by atoms with Crippen LogP contribution >= 0.6 is 11.6 Å². The van der Waals surface area contributed by atoms with Gasteiger partial charge in [-0.2, -0.15) is 5.10 Å². The molecule has 18 heavy (non-hydrogen) atoms. The third kappa shape index (κ3) is 2.10. The lowest BCUT2D eigenvalue weighted by Gasteiger charge is -2.04. The van der Waals surface area contributed by atoms with Crippen LogP contribution in [0.2, 0.25) is 5.02 Å². The Hall–Kier alpha value is -2.21. The lowest BCUT2D eigenvalue weighted by atomic mass is 10.2. The molecule has 0 bridgehead atoms. The maximum absolute atomic E-state index is 11.0. The Morgan fingerprint density at radius 3 is 2.72 bits per heavy atom. The summed E-state index contributed by atoms with van der Waals surface area (Å²) in [6.45, 7) is 1.73. The molecule has 0 N–H and O–H groups in total. The van der Waals surface area contributed by atoms with Gasteiger partial charge in [0.2, 0.25) is 0 Å². The first-order valence-electron chi connectivity index (χ1n) is 4.98. The van der Waals surface area contributed by atoms with Gasteiger partial charge in [0.1, 0.15) is 0 Å². The van der Waals surface area contributed by atoms with Gasteiger partial charge in [0.25, 0.3) is 5.69 Å². The van der Waals surface area contributed by atoms with Gasteiger partial charge in [-0.15, -0.1) is 0 Å². The molecule has 0 unspecified atom stereocenters. The lowest BCUT2D eigenvalue weighted by molar-refractivity contribution is -0.384. The quantitative estimate of drug-likeness (QED) is 0.485. The van der Waals surface area contributed by atoms with Crippen molar-refractivity contribution < 1.29 is 9.72 Å². The summed E-state index contributed by atoms with van der Waals surface area (Å²) < 4.78 is 1.42. The van der Waals surface area contributed by atoms with Crippen LogP contribution in [-0.2, 0) is 0 Å². The van der Waals surface area contributed by atoms with Gasteiger partial charge in [-0.05, 0) is 13.0 Å². The van der Waals surface area contributed by atoms with Crippen LogP contribution in [0.25, 0.3) is 5.69 Å². The van der Waals surface area contributed by atoms with Crippen molar-refractivity contribution >= 4 is 23.6 Å². The Bertz CT molecular complexity index is 617. The summed E-state index contributed by atoms with van der Waals surface area (Å²) in [5.41, 5.74) is 1.11. The van der Waals surface area contributed by atoms with Crippen LogP contribution in [0.4, 0.5) is 5.69 Å². The first kappa shape index (κ1) is 12.3. The summed E-state index contributed by atoms with van der Waals surface area (Å²) in [5.74, 6) is 0. The van der Waals surface area contributed by atoms with E-state index in [1.807, 2.05) is 0 Å². The van der Waals surface area contributed by atoms with Crippen molar-refractivity contribution in [3.05, 3.63) is 50.8 Å². The summed E-state index contributed by atoms with van der Waals surface area (Å²) >= 11 is 5.88. The minimum atomic E-state index is -0.557. The Balaban J connectivity index is 2.57. The topological polar surface area (TPSA) is 78.0 Å². The number of rotatable bonds is 3. The number of nitro groups is 1. The molecule has 1 aromatic heterocycles. The summed E-state index contributed by atoms with van der Waals surface area (Å²) in [6.07, 6.45) is 2.10. The number of halogens is 1. The predicted molar refractivity (Wildman–Crippen MR) is 65.4 cm³/mol. The third-order valence-electron chi connectivity index (χ3n) is 2.43. The number of nitro benzene ring substituents is 1. The van der Waals surface area contributed by atoms with Crippen LogP contribution in [0.5, 0.6) is 0 Å². The number of carbonyl (C=O) groups excluding carboxylic acids is 1. The van der Waals surface area contributed by atoms with Crippen molar-refractivity contribution in [2.45, 2.75) is 6.92 Å². The molecular weight excluding hydrogens is 258 g/mol. The Labute approximate surface area is 107 Å². The normalized spacial score (nSPS) is 10.3. The molecule has 0 fully saturated rings. The van der Waals surface area contributed by atoms with Crippen LogP contribution in [0.15, 0.2) is 24.4 Å². The molecule has 2 aromatic rings. The Kier molecular flexibility index (Phi) is 3.12. The molecule has 0 aliphatic carbocycles. The summed E-state index contributed by atoms with van der Waals surface area (Å²) in [5, 5.41) is 15.2. The van der Waals surface area contributed by atoms with Gasteiger partial charge in [0.15, 0.2) is 6.29 Å². The second kappa shape index (κ2) is 4.58. The van der Waals surface area contributed by atoms with Crippen LogP contribution < -0.4 is 0 Å². The molecular formula is C11H8ClN3O3. The van der Waals surface area contributed by atoms with Crippen molar-refractivity contribution in [3.8, 4) is 5.69 Å². The standard InChI is InChI=1S/C11H8ClN3O3/c1-7-10(12)5-14(13-7)11-3-2-9(15(17)18)4-8(11)6-16/h2-6H,1H3. The molecule has 6 nitrogen and oxygen atoms in total. The molecule has 0 radical (unpaired) electrons. The average molecular weight is 266 g/mol. The second-order valence-electron chi connectivity index (χ2n) is 3.63. The zero-order chi connectivity index (χ0) is 13.3. The lowest BCUT2D eigenvalue weighted by Crippen LogP contribution is -2.01. The van der Waals surface area contributed by atoms with E-state index in [0.29, 0.717) is 22.7 Å². The minimum Gasteiger partial charge on any atom is -0.298 e. The van der Waals surface area contributed by atoms with E-state index in [-0.39, 0.29) is 11.3 Å². The minimum absolute atomic E-state index is 0.143. The number of hydrogen-bond donors (Lipinski definition) is 0. The van der Waals surface area contributed by atoms with E-state index in [2.05, 4.69) is 5.10 Å². The number of nitrogens with zero attached hydrogens (tertiary/aromatic N) is 3. The van der Waals surface area contributed by atoms with E-state index in [4.69, 9.17) is 11.6 Å². The first-order chi connectivity index (χ1) is 8.52. The fourth-order valence-corrected chi connectivity index (χ4v) is 1.65. The highest BCUT2D eigenvalue weighted by molar-refractivity contribution is 6.31. The third-order valence-corrected chi connectivity index (χ3v) is 2.81. The monoisotopic (exact) mass is 265 g/mol. The number of non-ortho nitro benzene ring substituents is 1. The molecule has 0 aliphatic rings. The average Bonchev–Trinajstić information content (AvgIpc) is 2.68. The maximum atomic E-state index is 11.0. The zero-order valence-electron chi connectivity index (χ0n) is 9.33. The molecule has 0 atom stereocenters. The number of aromatic nitrogens is 2. The van der Waals surface area contributed by atoms with Gasteiger partial charge >= 0.3 is 0 Å². The largest absolute Gasteiger partial charge is 0.298 e. The van der Waals surface area contributed by atoms with Crippen LogP contribution in [0, 0.1) is 17.0 Å². The summed E-state index contributed by atoms with van der Waals surface area (Å²) in [6, 6.07) is 3.98. The second-order valence-corrected chi connectivity index (χ2v) is 4.03. The molecule has 92 valence electrons. The van der Waals surface area contributed by atoms with Crippen LogP contribution in [0.3, 0.4) is 0 Å². The highest BCUT2D eigenvalue weighted by Gasteiger charge is 2.13. The van der Waals surface area contributed by atoms with Gasteiger partial charge in [-0.25, -0.2) is 4.68 Å². The predicted octanol–water partition coefficient (Wildman–Crippen LogP) is 2.55. The van der Waals surface area contributed by atoms with E-state index in [1.54, 1.807) is 13.1 Å². The van der Waals surface area contributed by atoms with Crippen molar-refractivity contribution in [2.24, 2.45) is 0 Å². The van der Waals surface area contributed by atoms with E-state index < -0.39 is 4.92 Å². The summed E-state index contributed by atoms with van der Waals surface area (Å²) in [7, 11) is 0. The molecule has 0 aliphatic heterocycles. The number of aryl methyl sites for hydroxylation is 1. The Morgan fingerprint density at radius 2 is 2.22 bits per heavy atom. The van der Waals surface area contributed by atoms with Gasteiger partial charge < -0.3 is 0 Å². The van der Waals surface area contributed by atoms with Gasteiger partial charge in [-0.3, -0.25) is 14.9 Å². The molecule has 0 saturated heterocycles. The molecule has 0 saturated carbocycles. The number of aldehydes is 1. The Morgan fingerprint density at radius 1 is 1.50 bits per heavy atom. The smallest absolute Gasteiger partial charge is 0.270 e. The van der Waals surface area contributed by atoms with Crippen molar-refractivity contribution in [3.63, 3.8) is 0 Å². The zero-order valence-corrected chi connectivity index (χ0v) is 10.1. The molecule has 7 heteroatoms. The van der Waals surface area contributed by atoms with Crippen molar-refractivity contribution in [1.82, 2.24) is 9.78 Å². The molecule has 1 heterocycles. The van der Waals surface area contributed by atoms with Crippen LogP contribution in [0.1, 0.15) is 16.1 Å². The SMILES string of the molecule is Cc1nn(-c2ccc([N+](=O)[O-])cc2C=O)cc1Cl. The van der Waals surface area contributed by atoms with Gasteiger partial charge in [-0.1, -0.05) is 11.6 Å². The summed E-state index contributed by atoms with van der Waals surface area (Å²) in [4.78, 5) is 21.0. The van der Waals surface area contributed by atoms with Crippen molar-refractivity contribution in [2.75, 3.05) is 0 Å². The van der Waals surface area contributed by atoms with Crippen molar-refractivity contribution in [1.29, 1.82) is 0 Å². The number of benzene rings is 1. The number of carbonyl (C=O) groups is 1. The fourth-order valence-electron chi connectivity index (χ4n) is 1.52. The van der Waals surface area contributed by atoms with Gasteiger partial charge in [0.05, 0.1) is 21.3 Å². The molecule has 0 spiro atoms. The highest BCUT2D eigenvalue weighted by Crippen LogP contribution is 2.22. The van der Waals surface area contributed by atoms with Crippen LogP contribution in [-0.4, -0.2) is 21.0 Å². The van der Waals surface area contributed by atoms with E-state index in [9.17, 15) is 14.9 Å². The number of hydrogen-bond acceptors (Lipinski definition) is 4. The molecule has 1 aromatic carbocycles. The van der Waals surface area contributed by atoms with E-state index in [0.717, 1.165) is 0 Å².